The van der Waals surface area contributed by atoms with E-state index >= 15 is 0 Å². The summed E-state index contributed by atoms with van der Waals surface area (Å²) in [6, 6.07) is 6.09. The number of anilines is 1. The van der Waals surface area contributed by atoms with Crippen LogP contribution in [0.3, 0.4) is 0 Å². The van der Waals surface area contributed by atoms with E-state index in [0.29, 0.717) is 23.1 Å². The van der Waals surface area contributed by atoms with Gasteiger partial charge in [-0.1, -0.05) is 6.92 Å². The molecule has 1 atom stereocenters. The summed E-state index contributed by atoms with van der Waals surface area (Å²) in [5.41, 5.74) is 2.15. The number of carbonyl (C=O) groups is 2. The number of nitrogens with zero attached hydrogens (tertiary/aromatic N) is 2. The maximum atomic E-state index is 13.1. The predicted octanol–water partition coefficient (Wildman–Crippen LogP) is 3.74. The van der Waals surface area contributed by atoms with Crippen LogP contribution >= 0.6 is 11.3 Å². The third-order valence-corrected chi connectivity index (χ3v) is 6.43. The zero-order valence-electron chi connectivity index (χ0n) is 15.8. The van der Waals surface area contributed by atoms with E-state index in [1.165, 1.54) is 22.7 Å². The van der Waals surface area contributed by atoms with Crippen molar-refractivity contribution < 1.29 is 9.59 Å². The first kappa shape index (κ1) is 18.6. The molecule has 0 spiro atoms. The highest BCUT2D eigenvalue weighted by molar-refractivity contribution is 7.18. The topological polar surface area (TPSA) is 81.1 Å². The van der Waals surface area contributed by atoms with Crippen molar-refractivity contribution in [3.05, 3.63) is 57.0 Å². The fourth-order valence-corrected chi connectivity index (χ4v) is 4.96. The fraction of sp³-hybridized carbons (Fsp3) is 0.333. The van der Waals surface area contributed by atoms with Crippen molar-refractivity contribution in [3.63, 3.8) is 0 Å². The summed E-state index contributed by atoms with van der Waals surface area (Å²) in [6.07, 6.45) is 4.94. The Bertz CT molecular complexity index is 1130. The summed E-state index contributed by atoms with van der Waals surface area (Å²) in [7, 11) is 0. The highest BCUT2D eigenvalue weighted by Gasteiger charge is 2.25. The third-order valence-electron chi connectivity index (χ3n) is 5.23. The zero-order chi connectivity index (χ0) is 19.8. The van der Waals surface area contributed by atoms with E-state index in [1.54, 1.807) is 35.6 Å². The van der Waals surface area contributed by atoms with Crippen molar-refractivity contribution in [3.8, 4) is 0 Å². The molecule has 0 bridgehead atoms. The van der Waals surface area contributed by atoms with E-state index in [0.717, 1.165) is 29.7 Å². The summed E-state index contributed by atoms with van der Waals surface area (Å²) in [5, 5.41) is 3.52. The molecule has 0 fully saturated rings. The van der Waals surface area contributed by atoms with Crippen molar-refractivity contribution in [1.29, 1.82) is 0 Å². The van der Waals surface area contributed by atoms with Gasteiger partial charge in [-0.2, -0.15) is 0 Å². The van der Waals surface area contributed by atoms with Gasteiger partial charge in [0.05, 0.1) is 11.7 Å². The summed E-state index contributed by atoms with van der Waals surface area (Å²) >= 11 is 1.59. The second-order valence-electron chi connectivity index (χ2n) is 7.04. The minimum Gasteiger partial charge on any atom is -0.324 e. The molecule has 1 unspecified atom stereocenters. The van der Waals surface area contributed by atoms with Crippen LogP contribution in [0, 0.1) is 0 Å². The van der Waals surface area contributed by atoms with Crippen LogP contribution in [0.15, 0.2) is 35.4 Å². The van der Waals surface area contributed by atoms with Gasteiger partial charge < -0.3 is 5.32 Å². The Hall–Kier alpha value is -2.80. The molecule has 0 aliphatic heterocycles. The van der Waals surface area contributed by atoms with E-state index in [9.17, 15) is 14.4 Å². The van der Waals surface area contributed by atoms with Crippen LogP contribution in [0.2, 0.25) is 0 Å². The van der Waals surface area contributed by atoms with Gasteiger partial charge in [0.2, 0.25) is 5.91 Å². The van der Waals surface area contributed by atoms with E-state index in [1.807, 2.05) is 6.92 Å². The maximum Gasteiger partial charge on any atom is 0.263 e. The Morgan fingerprint density at radius 3 is 2.68 bits per heavy atom. The minimum absolute atomic E-state index is 0.0291. The molecular weight excluding hydrogens is 374 g/mol. The number of ketones is 1. The van der Waals surface area contributed by atoms with Crippen LogP contribution in [0.4, 0.5) is 5.69 Å². The van der Waals surface area contributed by atoms with E-state index in [2.05, 4.69) is 10.3 Å². The van der Waals surface area contributed by atoms with Gasteiger partial charge in [-0.25, -0.2) is 4.98 Å². The van der Waals surface area contributed by atoms with Gasteiger partial charge in [0.25, 0.3) is 5.56 Å². The van der Waals surface area contributed by atoms with Crippen molar-refractivity contribution in [2.24, 2.45) is 0 Å². The lowest BCUT2D eigenvalue weighted by molar-refractivity contribution is -0.119. The first-order chi connectivity index (χ1) is 13.5. The largest absolute Gasteiger partial charge is 0.324 e. The van der Waals surface area contributed by atoms with Crippen LogP contribution in [0.5, 0.6) is 0 Å². The Labute approximate surface area is 166 Å². The molecule has 1 aromatic carbocycles. The number of carbonyl (C=O) groups excluding carboxylic acids is 2. The fourth-order valence-electron chi connectivity index (χ4n) is 3.74. The third kappa shape index (κ3) is 3.16. The molecule has 2 aromatic heterocycles. The lowest BCUT2D eigenvalue weighted by Crippen LogP contribution is -2.33. The smallest absolute Gasteiger partial charge is 0.263 e. The van der Waals surface area contributed by atoms with Crippen molar-refractivity contribution in [2.45, 2.75) is 45.6 Å². The highest BCUT2D eigenvalue weighted by atomic mass is 32.1. The van der Waals surface area contributed by atoms with Crippen molar-refractivity contribution in [2.75, 3.05) is 5.32 Å². The number of hydrogen-bond acceptors (Lipinski definition) is 5. The Morgan fingerprint density at radius 1 is 1.25 bits per heavy atom. The quantitative estimate of drug-likeness (QED) is 0.667. The lowest BCUT2D eigenvalue weighted by Gasteiger charge is -2.18. The summed E-state index contributed by atoms with van der Waals surface area (Å²) in [5.74, 6) is -0.299. The molecule has 0 saturated carbocycles. The lowest BCUT2D eigenvalue weighted by atomic mass is 10.1. The minimum atomic E-state index is -0.645. The molecule has 6 nitrogen and oxygen atoms in total. The van der Waals surface area contributed by atoms with Crippen molar-refractivity contribution >= 4 is 38.9 Å². The van der Waals surface area contributed by atoms with Gasteiger partial charge in [-0.05, 0) is 62.4 Å². The number of thiophene rings is 1. The van der Waals surface area contributed by atoms with E-state index in [-0.39, 0.29) is 17.2 Å². The molecule has 1 aliphatic rings. The van der Waals surface area contributed by atoms with Gasteiger partial charge in [0.1, 0.15) is 10.9 Å². The Balaban J connectivity index is 1.65. The molecular formula is C21H21N3O3S. The molecule has 3 aromatic rings. The normalized spacial score (nSPS) is 14.1. The van der Waals surface area contributed by atoms with Crippen LogP contribution in [-0.4, -0.2) is 21.2 Å². The number of hydrogen-bond donors (Lipinski definition) is 1. The monoisotopic (exact) mass is 395 g/mol. The molecule has 0 radical (unpaired) electrons. The summed E-state index contributed by atoms with van der Waals surface area (Å²) in [4.78, 5) is 43.9. The SMILES string of the molecule is CCC(C(=O)Nc1ccc(C(C)=O)cc1)n1cnc2sc3c(c2c1=O)CCC3. The van der Waals surface area contributed by atoms with Crippen LogP contribution in [-0.2, 0) is 17.6 Å². The van der Waals surface area contributed by atoms with E-state index in [4.69, 9.17) is 0 Å². The van der Waals surface area contributed by atoms with Gasteiger partial charge in [0.15, 0.2) is 5.78 Å². The van der Waals surface area contributed by atoms with Gasteiger partial charge >= 0.3 is 0 Å². The van der Waals surface area contributed by atoms with Crippen LogP contribution in [0.1, 0.15) is 53.5 Å². The first-order valence-electron chi connectivity index (χ1n) is 9.42. The molecule has 7 heteroatoms. The molecule has 4 rings (SSSR count). The Morgan fingerprint density at radius 2 is 2.00 bits per heavy atom. The number of aromatic nitrogens is 2. The van der Waals surface area contributed by atoms with Crippen LogP contribution in [0.25, 0.3) is 10.2 Å². The maximum absolute atomic E-state index is 13.1. The summed E-state index contributed by atoms with van der Waals surface area (Å²) < 4.78 is 1.45. The molecule has 1 amide bonds. The predicted molar refractivity (Wildman–Crippen MR) is 110 cm³/mol. The average Bonchev–Trinajstić information content (AvgIpc) is 3.25. The number of nitrogens with one attached hydrogen (secondary N) is 1. The van der Waals surface area contributed by atoms with Gasteiger partial charge in [-0.15, -0.1) is 11.3 Å². The second-order valence-corrected chi connectivity index (χ2v) is 8.12. The standard InChI is InChI=1S/C21H21N3O3S/c1-3-16(19(26)23-14-9-7-13(8-10-14)12(2)25)24-11-22-20-18(21(24)27)15-5-4-6-17(15)28-20/h7-11,16H,3-6H2,1-2H3,(H,23,26). The van der Waals surface area contributed by atoms with Gasteiger partial charge in [0, 0.05) is 16.1 Å². The molecule has 1 aliphatic carbocycles. The van der Waals surface area contributed by atoms with E-state index < -0.39 is 6.04 Å². The molecule has 1 N–H and O–H groups in total. The first-order valence-corrected chi connectivity index (χ1v) is 10.2. The number of benzene rings is 1. The Kier molecular flexibility index (Phi) is 4.85. The van der Waals surface area contributed by atoms with Crippen molar-refractivity contribution in [1.82, 2.24) is 9.55 Å². The molecule has 144 valence electrons. The number of aryl methyl sites for hydroxylation is 2. The number of Topliss-reactive ketones (excluding diaryl/α,β-unsaturated/α-hetero) is 1. The average molecular weight is 395 g/mol. The summed E-state index contributed by atoms with van der Waals surface area (Å²) in [6.45, 7) is 3.37. The molecule has 2 heterocycles. The number of rotatable bonds is 5. The van der Waals surface area contributed by atoms with Gasteiger partial charge in [-0.3, -0.25) is 19.0 Å². The number of amides is 1. The van der Waals surface area contributed by atoms with Crippen LogP contribution < -0.4 is 10.9 Å². The number of fused-ring (bicyclic) bond motifs is 3. The second kappa shape index (κ2) is 7.31. The molecule has 28 heavy (non-hydrogen) atoms. The zero-order valence-corrected chi connectivity index (χ0v) is 16.6. The molecule has 0 saturated heterocycles. The highest BCUT2D eigenvalue weighted by Crippen LogP contribution is 2.34.